The molecule has 0 amide bonds. The number of imidazole rings is 1. The van der Waals surface area contributed by atoms with Crippen molar-refractivity contribution in [3.8, 4) is 0 Å². The van der Waals surface area contributed by atoms with Crippen molar-refractivity contribution in [1.29, 1.82) is 0 Å². The minimum Gasteiger partial charge on any atom is -0.307 e. The average Bonchev–Trinajstić information content (AvgIpc) is 2.83. The number of nitrogens with zero attached hydrogens (tertiary/aromatic N) is 4. The molecule has 3 aromatic rings. The van der Waals surface area contributed by atoms with Crippen LogP contribution in [0.15, 0.2) is 34.5 Å². The van der Waals surface area contributed by atoms with Crippen LogP contribution in [0.2, 0.25) is 0 Å². The van der Waals surface area contributed by atoms with Crippen LogP contribution in [-0.2, 0) is 6.54 Å². The van der Waals surface area contributed by atoms with E-state index in [2.05, 4.69) is 85.6 Å². The van der Waals surface area contributed by atoms with Crippen molar-refractivity contribution in [3.63, 3.8) is 0 Å². The highest BCUT2D eigenvalue weighted by molar-refractivity contribution is 5.80. The van der Waals surface area contributed by atoms with Crippen molar-refractivity contribution < 1.29 is 0 Å². The second-order valence-corrected chi connectivity index (χ2v) is 6.53. The summed E-state index contributed by atoms with van der Waals surface area (Å²) >= 11 is 0. The lowest BCUT2D eigenvalue weighted by molar-refractivity contribution is 0.781. The van der Waals surface area contributed by atoms with E-state index in [4.69, 9.17) is 0 Å². The van der Waals surface area contributed by atoms with Crippen LogP contribution in [0, 0.1) is 34.6 Å². The molecular formula is C20H24N4. The van der Waals surface area contributed by atoms with Crippen LogP contribution < -0.4 is 0 Å². The third-order valence-corrected chi connectivity index (χ3v) is 4.53. The molecule has 2 aromatic carbocycles. The van der Waals surface area contributed by atoms with Gasteiger partial charge >= 0.3 is 0 Å². The van der Waals surface area contributed by atoms with E-state index >= 15 is 0 Å². The average molecular weight is 320 g/mol. The number of hydrogen-bond acceptors (Lipinski definition) is 3. The number of azo groups is 1. The molecule has 0 spiro atoms. The van der Waals surface area contributed by atoms with Gasteiger partial charge in [0.2, 0.25) is 5.95 Å². The fraction of sp³-hybridized carbons (Fsp3) is 0.350. The molecule has 4 nitrogen and oxygen atoms in total. The van der Waals surface area contributed by atoms with E-state index in [1.54, 1.807) is 0 Å². The highest BCUT2D eigenvalue weighted by atomic mass is 15.3. The molecule has 1 aromatic heterocycles. The summed E-state index contributed by atoms with van der Waals surface area (Å²) in [4.78, 5) is 4.68. The molecule has 0 saturated carbocycles. The normalized spacial score (nSPS) is 11.8. The Morgan fingerprint density at radius 2 is 1.46 bits per heavy atom. The summed E-state index contributed by atoms with van der Waals surface area (Å²) in [6.45, 7) is 13.4. The molecule has 0 bridgehead atoms. The number of rotatable bonds is 3. The van der Waals surface area contributed by atoms with Crippen LogP contribution >= 0.6 is 0 Å². The first-order valence-corrected chi connectivity index (χ1v) is 8.37. The number of hydrogen-bond donors (Lipinski definition) is 0. The van der Waals surface area contributed by atoms with Crippen molar-refractivity contribution in [1.82, 2.24) is 9.55 Å². The Bertz CT molecular complexity index is 925. The molecule has 0 aliphatic carbocycles. The van der Waals surface area contributed by atoms with Crippen molar-refractivity contribution in [2.24, 2.45) is 10.2 Å². The molecule has 0 fully saturated rings. The maximum Gasteiger partial charge on any atom is 0.250 e. The maximum absolute atomic E-state index is 4.68. The minimum absolute atomic E-state index is 0.664. The van der Waals surface area contributed by atoms with E-state index in [9.17, 15) is 0 Å². The molecule has 0 saturated heterocycles. The van der Waals surface area contributed by atoms with Gasteiger partial charge in [-0.3, -0.25) is 0 Å². The topological polar surface area (TPSA) is 42.5 Å². The smallest absolute Gasteiger partial charge is 0.250 e. The second kappa shape index (κ2) is 6.19. The summed E-state index contributed by atoms with van der Waals surface area (Å²) in [5.41, 5.74) is 9.07. The summed E-state index contributed by atoms with van der Waals surface area (Å²) in [6, 6.07) is 8.58. The van der Waals surface area contributed by atoms with Crippen molar-refractivity contribution in [2.45, 2.75) is 48.1 Å². The Kier molecular flexibility index (Phi) is 4.22. The predicted molar refractivity (Wildman–Crippen MR) is 99.7 cm³/mol. The van der Waals surface area contributed by atoms with Gasteiger partial charge in [0, 0.05) is 6.54 Å². The van der Waals surface area contributed by atoms with E-state index in [-0.39, 0.29) is 0 Å². The summed E-state index contributed by atoms with van der Waals surface area (Å²) in [7, 11) is 0. The predicted octanol–water partition coefficient (Wildman–Crippen LogP) is 6.01. The molecule has 124 valence electrons. The summed E-state index contributed by atoms with van der Waals surface area (Å²) < 4.78 is 2.12. The van der Waals surface area contributed by atoms with Crippen LogP contribution in [0.3, 0.4) is 0 Å². The van der Waals surface area contributed by atoms with E-state index in [0.29, 0.717) is 5.95 Å². The van der Waals surface area contributed by atoms with Crippen molar-refractivity contribution in [2.75, 3.05) is 0 Å². The van der Waals surface area contributed by atoms with Crippen molar-refractivity contribution in [3.05, 3.63) is 52.1 Å². The lowest BCUT2D eigenvalue weighted by Crippen LogP contribution is -1.93. The van der Waals surface area contributed by atoms with E-state index < -0.39 is 0 Å². The standard InChI is InChI=1S/C20H24N4/c1-7-24-18-11-14(4)13(3)10-17(18)21-20(24)23-22-19-15(5)8-12(2)9-16(19)6/h8-11H,7H2,1-6H3. The molecule has 4 heteroatoms. The van der Waals surface area contributed by atoms with Gasteiger partial charge in [0.15, 0.2) is 0 Å². The zero-order valence-electron chi connectivity index (χ0n) is 15.3. The molecule has 0 radical (unpaired) electrons. The van der Waals surface area contributed by atoms with E-state index in [1.165, 1.54) is 16.7 Å². The first-order valence-electron chi connectivity index (χ1n) is 8.37. The van der Waals surface area contributed by atoms with Gasteiger partial charge in [0.05, 0.1) is 16.7 Å². The van der Waals surface area contributed by atoms with Gasteiger partial charge < -0.3 is 4.57 Å². The summed E-state index contributed by atoms with van der Waals surface area (Å²) in [6.07, 6.45) is 0. The lowest BCUT2D eigenvalue weighted by atomic mass is 10.1. The second-order valence-electron chi connectivity index (χ2n) is 6.53. The van der Waals surface area contributed by atoms with Crippen LogP contribution in [0.5, 0.6) is 0 Å². The SMILES string of the molecule is CCn1c(N=Nc2c(C)cc(C)cc2C)nc2cc(C)c(C)cc21. The summed E-state index contributed by atoms with van der Waals surface area (Å²) in [5.74, 6) is 0.664. The number of fused-ring (bicyclic) bond motifs is 1. The van der Waals surface area contributed by atoms with E-state index in [0.717, 1.165) is 34.4 Å². The Hall–Kier alpha value is -2.49. The lowest BCUT2D eigenvalue weighted by Gasteiger charge is -2.06. The number of aryl methyl sites for hydroxylation is 6. The highest BCUT2D eigenvalue weighted by Gasteiger charge is 2.11. The van der Waals surface area contributed by atoms with Crippen molar-refractivity contribution >= 4 is 22.7 Å². The molecule has 1 heterocycles. The van der Waals surface area contributed by atoms with Crippen LogP contribution in [0.4, 0.5) is 11.6 Å². The number of aromatic nitrogens is 2. The first-order chi connectivity index (χ1) is 11.4. The van der Waals surface area contributed by atoms with Gasteiger partial charge in [0.1, 0.15) is 0 Å². The zero-order valence-corrected chi connectivity index (χ0v) is 15.3. The zero-order chi connectivity index (χ0) is 17.4. The molecule has 0 aliphatic rings. The fourth-order valence-corrected chi connectivity index (χ4v) is 3.18. The third kappa shape index (κ3) is 2.84. The van der Waals surface area contributed by atoms with Gasteiger partial charge in [-0.25, -0.2) is 4.98 Å². The Labute approximate surface area is 143 Å². The molecular weight excluding hydrogens is 296 g/mol. The molecule has 3 rings (SSSR count). The molecule has 0 atom stereocenters. The monoisotopic (exact) mass is 320 g/mol. The van der Waals surface area contributed by atoms with Crippen LogP contribution in [0.1, 0.15) is 34.7 Å². The molecule has 0 N–H and O–H groups in total. The van der Waals surface area contributed by atoms with Gasteiger partial charge in [-0.15, -0.1) is 10.2 Å². The highest BCUT2D eigenvalue weighted by Crippen LogP contribution is 2.29. The van der Waals surface area contributed by atoms with Gasteiger partial charge in [-0.05, 0) is 75.9 Å². The first kappa shape index (κ1) is 16.4. The van der Waals surface area contributed by atoms with Gasteiger partial charge in [-0.2, -0.15) is 0 Å². The largest absolute Gasteiger partial charge is 0.307 e. The van der Waals surface area contributed by atoms with Crippen LogP contribution in [0.25, 0.3) is 11.0 Å². The molecule has 0 unspecified atom stereocenters. The Morgan fingerprint density at radius 1 is 0.833 bits per heavy atom. The quantitative estimate of drug-likeness (QED) is 0.544. The van der Waals surface area contributed by atoms with Crippen LogP contribution in [-0.4, -0.2) is 9.55 Å². The number of benzene rings is 2. The third-order valence-electron chi connectivity index (χ3n) is 4.53. The summed E-state index contributed by atoms with van der Waals surface area (Å²) in [5, 5.41) is 8.98. The van der Waals surface area contributed by atoms with E-state index in [1.807, 2.05) is 0 Å². The minimum atomic E-state index is 0.664. The Balaban J connectivity index is 2.10. The Morgan fingerprint density at radius 3 is 2.08 bits per heavy atom. The van der Waals surface area contributed by atoms with Gasteiger partial charge in [-0.1, -0.05) is 17.7 Å². The molecule has 24 heavy (non-hydrogen) atoms. The van der Waals surface area contributed by atoms with Gasteiger partial charge in [0.25, 0.3) is 0 Å². The maximum atomic E-state index is 4.68. The molecule has 0 aliphatic heterocycles. The fourth-order valence-electron chi connectivity index (χ4n) is 3.18.